The van der Waals surface area contributed by atoms with Gasteiger partial charge in [-0.15, -0.1) is 0 Å². The fourth-order valence-electron chi connectivity index (χ4n) is 3.62. The third-order valence-corrected chi connectivity index (χ3v) is 5.20. The van der Waals surface area contributed by atoms with Crippen LogP contribution in [0.1, 0.15) is 52.9 Å². The molecule has 4 amide bonds. The molecule has 8 heteroatoms. The van der Waals surface area contributed by atoms with E-state index >= 15 is 0 Å². The van der Waals surface area contributed by atoms with Crippen molar-refractivity contribution in [2.75, 3.05) is 13.7 Å². The monoisotopic (exact) mass is 367 g/mol. The van der Waals surface area contributed by atoms with Crippen LogP contribution in [0, 0.1) is 11.8 Å². The van der Waals surface area contributed by atoms with Crippen LogP contribution in [0.15, 0.2) is 0 Å². The molecular weight excluding hydrogens is 338 g/mol. The van der Waals surface area contributed by atoms with Gasteiger partial charge in [0.25, 0.3) is 5.91 Å². The Hall–Kier alpha value is -2.12. The maximum absolute atomic E-state index is 12.8. The van der Waals surface area contributed by atoms with Crippen LogP contribution in [0.3, 0.4) is 0 Å². The summed E-state index contributed by atoms with van der Waals surface area (Å²) in [4.78, 5) is 50.1. The number of hydrogen-bond donors (Lipinski definition) is 2. The minimum absolute atomic E-state index is 0.170. The Morgan fingerprint density at radius 1 is 1.31 bits per heavy atom. The topological polar surface area (TPSA) is 105 Å². The second-order valence-electron chi connectivity index (χ2n) is 7.86. The first-order valence-corrected chi connectivity index (χ1v) is 9.20. The van der Waals surface area contributed by atoms with Crippen molar-refractivity contribution in [2.24, 2.45) is 11.8 Å². The zero-order chi connectivity index (χ0) is 19.5. The molecule has 26 heavy (non-hydrogen) atoms. The number of urea groups is 1. The Balaban J connectivity index is 2.00. The Morgan fingerprint density at radius 3 is 2.46 bits per heavy atom. The Bertz CT molecular complexity index is 581. The summed E-state index contributed by atoms with van der Waals surface area (Å²) >= 11 is 0. The second kappa shape index (κ2) is 8.05. The average molecular weight is 367 g/mol. The molecule has 1 spiro atoms. The first-order chi connectivity index (χ1) is 12.2. The lowest BCUT2D eigenvalue weighted by atomic mass is 9.77. The highest BCUT2D eigenvalue weighted by molar-refractivity contribution is 6.09. The van der Waals surface area contributed by atoms with Crippen LogP contribution >= 0.6 is 0 Å². The molecule has 146 valence electrons. The standard InChI is InChI=1S/C18H29N3O5/c1-11(2)9-13(15(23)26-4)19-14(22)10-21-16(24)18(20-17(21)25)7-5-12(3)6-8-18/h11-13H,5-10H2,1-4H3,(H,19,22)(H,20,25)/t12?,13-,18?/m0/s1. The van der Waals surface area contributed by atoms with Crippen molar-refractivity contribution >= 4 is 23.8 Å². The lowest BCUT2D eigenvalue weighted by Crippen LogP contribution is -2.50. The van der Waals surface area contributed by atoms with Gasteiger partial charge in [-0.3, -0.25) is 14.5 Å². The number of carbonyl (C=O) groups excluding carboxylic acids is 4. The highest BCUT2D eigenvalue weighted by Gasteiger charge is 2.52. The largest absolute Gasteiger partial charge is 0.467 e. The van der Waals surface area contributed by atoms with Crippen LogP contribution in [0.4, 0.5) is 4.79 Å². The van der Waals surface area contributed by atoms with Crippen molar-refractivity contribution in [1.29, 1.82) is 0 Å². The van der Waals surface area contributed by atoms with Gasteiger partial charge in [0.2, 0.25) is 5.91 Å². The molecule has 1 saturated carbocycles. The zero-order valence-electron chi connectivity index (χ0n) is 16.0. The predicted molar refractivity (Wildman–Crippen MR) is 94.0 cm³/mol. The van der Waals surface area contributed by atoms with Crippen LogP contribution in [-0.4, -0.2) is 54.0 Å². The molecule has 1 aliphatic heterocycles. The van der Waals surface area contributed by atoms with Gasteiger partial charge in [-0.1, -0.05) is 20.8 Å². The van der Waals surface area contributed by atoms with E-state index in [1.54, 1.807) is 0 Å². The van der Waals surface area contributed by atoms with Crippen molar-refractivity contribution in [3.63, 3.8) is 0 Å². The summed E-state index contributed by atoms with van der Waals surface area (Å²) < 4.78 is 4.71. The first kappa shape index (κ1) is 20.2. The number of carbonyl (C=O) groups is 4. The number of ether oxygens (including phenoxy) is 1. The van der Waals surface area contributed by atoms with E-state index in [2.05, 4.69) is 17.6 Å². The van der Waals surface area contributed by atoms with Gasteiger partial charge in [0.15, 0.2) is 0 Å². The number of nitrogens with zero attached hydrogens (tertiary/aromatic N) is 1. The van der Waals surface area contributed by atoms with Crippen molar-refractivity contribution in [3.05, 3.63) is 0 Å². The number of nitrogens with one attached hydrogen (secondary N) is 2. The SMILES string of the molecule is COC(=O)[C@H](CC(C)C)NC(=O)CN1C(=O)NC2(CCC(C)CC2)C1=O. The summed E-state index contributed by atoms with van der Waals surface area (Å²) in [5.74, 6) is -0.737. The lowest BCUT2D eigenvalue weighted by molar-refractivity contribution is -0.145. The summed E-state index contributed by atoms with van der Waals surface area (Å²) in [6.07, 6.45) is 3.33. The van der Waals surface area contributed by atoms with Crippen LogP contribution in [0.5, 0.6) is 0 Å². The minimum atomic E-state index is -0.871. The van der Waals surface area contributed by atoms with Gasteiger partial charge >= 0.3 is 12.0 Å². The molecule has 0 aromatic heterocycles. The quantitative estimate of drug-likeness (QED) is 0.542. The van der Waals surface area contributed by atoms with Crippen molar-refractivity contribution in [2.45, 2.75) is 64.5 Å². The second-order valence-corrected chi connectivity index (χ2v) is 7.86. The molecule has 0 bridgehead atoms. The van der Waals surface area contributed by atoms with Gasteiger partial charge in [0.05, 0.1) is 7.11 Å². The molecule has 1 aliphatic carbocycles. The predicted octanol–water partition coefficient (Wildman–Crippen LogP) is 1.19. The van der Waals surface area contributed by atoms with Crippen LogP contribution in [-0.2, 0) is 19.1 Å². The van der Waals surface area contributed by atoms with Gasteiger partial charge < -0.3 is 15.4 Å². The van der Waals surface area contributed by atoms with Gasteiger partial charge in [-0.25, -0.2) is 9.59 Å². The molecule has 1 heterocycles. The highest BCUT2D eigenvalue weighted by atomic mass is 16.5. The average Bonchev–Trinajstić information content (AvgIpc) is 2.80. The molecular formula is C18H29N3O5. The number of imide groups is 1. The number of hydrogen-bond acceptors (Lipinski definition) is 5. The lowest BCUT2D eigenvalue weighted by Gasteiger charge is -2.33. The van der Waals surface area contributed by atoms with E-state index in [0.717, 1.165) is 17.7 Å². The molecule has 0 unspecified atom stereocenters. The van der Waals surface area contributed by atoms with Gasteiger partial charge in [-0.2, -0.15) is 0 Å². The molecule has 8 nitrogen and oxygen atoms in total. The van der Waals surface area contributed by atoms with Gasteiger partial charge in [0.1, 0.15) is 18.1 Å². The first-order valence-electron chi connectivity index (χ1n) is 9.20. The fourth-order valence-corrected chi connectivity index (χ4v) is 3.62. The molecule has 0 aromatic carbocycles. The molecule has 0 aromatic rings. The van der Waals surface area contributed by atoms with E-state index in [-0.39, 0.29) is 11.8 Å². The number of rotatable bonds is 6. The Kier molecular flexibility index (Phi) is 6.26. The summed E-state index contributed by atoms with van der Waals surface area (Å²) in [6, 6.07) is -1.34. The molecule has 1 atom stereocenters. The van der Waals surface area contributed by atoms with Gasteiger partial charge in [0, 0.05) is 0 Å². The number of esters is 1. The molecule has 2 N–H and O–H groups in total. The molecule has 2 fully saturated rings. The van der Waals surface area contributed by atoms with Crippen LogP contribution < -0.4 is 10.6 Å². The molecule has 1 saturated heterocycles. The smallest absolute Gasteiger partial charge is 0.328 e. The van der Waals surface area contributed by atoms with Crippen LogP contribution in [0.25, 0.3) is 0 Å². The van der Waals surface area contributed by atoms with E-state index in [1.165, 1.54) is 7.11 Å². The molecule has 2 aliphatic rings. The van der Waals surface area contributed by atoms with E-state index in [1.807, 2.05) is 13.8 Å². The van der Waals surface area contributed by atoms with Crippen molar-refractivity contribution in [1.82, 2.24) is 15.5 Å². The van der Waals surface area contributed by atoms with E-state index in [4.69, 9.17) is 4.74 Å². The summed E-state index contributed by atoms with van der Waals surface area (Å²) in [6.45, 7) is 5.58. The third-order valence-electron chi connectivity index (χ3n) is 5.20. The Labute approximate surface area is 154 Å². The molecule has 0 radical (unpaired) electrons. The van der Waals surface area contributed by atoms with Crippen molar-refractivity contribution in [3.8, 4) is 0 Å². The number of methoxy groups -OCH3 is 1. The minimum Gasteiger partial charge on any atom is -0.467 e. The Morgan fingerprint density at radius 2 is 1.92 bits per heavy atom. The van der Waals surface area contributed by atoms with E-state index < -0.39 is 36.0 Å². The maximum Gasteiger partial charge on any atom is 0.328 e. The normalized spacial score (nSPS) is 26.8. The summed E-state index contributed by atoms with van der Waals surface area (Å²) in [5, 5.41) is 5.36. The van der Waals surface area contributed by atoms with Gasteiger partial charge in [-0.05, 0) is 43.9 Å². The zero-order valence-corrected chi connectivity index (χ0v) is 16.0. The van der Waals surface area contributed by atoms with E-state index in [9.17, 15) is 19.2 Å². The van der Waals surface area contributed by atoms with Crippen LogP contribution in [0.2, 0.25) is 0 Å². The summed E-state index contributed by atoms with van der Waals surface area (Å²) in [5.41, 5.74) is -0.871. The summed E-state index contributed by atoms with van der Waals surface area (Å²) in [7, 11) is 1.26. The third kappa shape index (κ3) is 4.34. The molecule has 2 rings (SSSR count). The fraction of sp³-hybridized carbons (Fsp3) is 0.778. The van der Waals surface area contributed by atoms with E-state index in [0.29, 0.717) is 25.2 Å². The maximum atomic E-state index is 12.8. The van der Waals surface area contributed by atoms with Crippen molar-refractivity contribution < 1.29 is 23.9 Å². The highest BCUT2D eigenvalue weighted by Crippen LogP contribution is 2.36. The number of amides is 4.